The molecule has 90 valence electrons. The second-order valence-corrected chi connectivity index (χ2v) is 2.62. The fraction of sp³-hybridized carbons (Fsp3) is 0.600. The smallest absolute Gasteiger partial charge is 0.117 e. The zero-order chi connectivity index (χ0) is 11.9. The Bertz CT molecular complexity index is 176. The first-order valence-corrected chi connectivity index (χ1v) is 5.09. The molecule has 0 amide bonds. The molecule has 5 heteroatoms. The lowest BCUT2D eigenvalue weighted by Gasteiger charge is -1.81. The molecule has 0 saturated carbocycles. The standard InChI is InChI=1S/C5H7NO.C3H10N2.C2H7N/c6-4-5-2-1-3-7-5;4-2-1-3-5;1-2-3/h1-3H,4,6H2;1-5H2;2-3H2,1H3. The third-order valence-electron chi connectivity index (χ3n) is 1.19. The van der Waals surface area contributed by atoms with E-state index in [-0.39, 0.29) is 0 Å². The molecule has 0 spiro atoms. The Hall–Kier alpha value is -0.880. The number of rotatable bonds is 3. The van der Waals surface area contributed by atoms with E-state index in [0.29, 0.717) is 6.54 Å². The Labute approximate surface area is 91.8 Å². The molecule has 8 N–H and O–H groups in total. The first-order chi connectivity index (χ1) is 7.26. The minimum atomic E-state index is 0.493. The van der Waals surface area contributed by atoms with Gasteiger partial charge in [0.1, 0.15) is 5.76 Å². The molecule has 1 aromatic heterocycles. The van der Waals surface area contributed by atoms with E-state index in [0.717, 1.165) is 31.8 Å². The summed E-state index contributed by atoms with van der Waals surface area (Å²) in [5, 5.41) is 0. The average Bonchev–Trinajstić information content (AvgIpc) is 2.73. The van der Waals surface area contributed by atoms with Crippen molar-refractivity contribution in [3.8, 4) is 0 Å². The van der Waals surface area contributed by atoms with Crippen molar-refractivity contribution in [2.24, 2.45) is 22.9 Å². The predicted octanol–water partition coefficient (Wildman–Crippen LogP) is -0.00280. The molecule has 1 aromatic rings. The summed E-state index contributed by atoms with van der Waals surface area (Å²) in [5.41, 5.74) is 20.2. The van der Waals surface area contributed by atoms with Gasteiger partial charge in [-0.25, -0.2) is 0 Å². The SMILES string of the molecule is CCN.NCCCN.NCc1ccco1. The van der Waals surface area contributed by atoms with Crippen molar-refractivity contribution < 1.29 is 4.42 Å². The topological polar surface area (TPSA) is 117 Å². The van der Waals surface area contributed by atoms with Gasteiger partial charge in [-0.3, -0.25) is 0 Å². The summed E-state index contributed by atoms with van der Waals surface area (Å²) in [4.78, 5) is 0. The molecule has 0 saturated heterocycles. The molecule has 0 radical (unpaired) electrons. The highest BCUT2D eigenvalue weighted by molar-refractivity contribution is 4.96. The fourth-order valence-electron chi connectivity index (χ4n) is 0.547. The van der Waals surface area contributed by atoms with Crippen molar-refractivity contribution >= 4 is 0 Å². The van der Waals surface area contributed by atoms with Crippen LogP contribution in [0.1, 0.15) is 19.1 Å². The van der Waals surface area contributed by atoms with Crippen LogP contribution < -0.4 is 22.9 Å². The quantitative estimate of drug-likeness (QED) is 0.567. The van der Waals surface area contributed by atoms with Gasteiger partial charge in [-0.2, -0.15) is 0 Å². The van der Waals surface area contributed by atoms with Gasteiger partial charge in [0, 0.05) is 0 Å². The lowest BCUT2D eigenvalue weighted by atomic mass is 10.4. The molecule has 0 aliphatic carbocycles. The molecule has 15 heavy (non-hydrogen) atoms. The van der Waals surface area contributed by atoms with Crippen molar-refractivity contribution in [3.05, 3.63) is 24.2 Å². The monoisotopic (exact) mass is 216 g/mol. The second kappa shape index (κ2) is 15.6. The van der Waals surface area contributed by atoms with Crippen molar-refractivity contribution in [2.45, 2.75) is 19.9 Å². The van der Waals surface area contributed by atoms with Crippen LogP contribution in [0.5, 0.6) is 0 Å². The molecule has 0 atom stereocenters. The average molecular weight is 216 g/mol. The normalized spacial score (nSPS) is 8.33. The van der Waals surface area contributed by atoms with E-state index < -0.39 is 0 Å². The van der Waals surface area contributed by atoms with Crippen LogP contribution in [0.2, 0.25) is 0 Å². The molecule has 0 aliphatic rings. The fourth-order valence-corrected chi connectivity index (χ4v) is 0.547. The Kier molecular flexibility index (Phi) is 17.2. The molecule has 5 nitrogen and oxygen atoms in total. The van der Waals surface area contributed by atoms with Gasteiger partial charge in [-0.05, 0) is 38.2 Å². The molecular weight excluding hydrogens is 192 g/mol. The van der Waals surface area contributed by atoms with E-state index in [1.807, 2.05) is 19.1 Å². The van der Waals surface area contributed by atoms with Gasteiger partial charge in [0.25, 0.3) is 0 Å². The third-order valence-corrected chi connectivity index (χ3v) is 1.19. The van der Waals surface area contributed by atoms with Gasteiger partial charge < -0.3 is 27.4 Å². The van der Waals surface area contributed by atoms with Gasteiger partial charge in [0.15, 0.2) is 0 Å². The van der Waals surface area contributed by atoms with E-state index >= 15 is 0 Å². The number of hydrogen-bond acceptors (Lipinski definition) is 5. The molecular formula is C10H24N4O. The summed E-state index contributed by atoms with van der Waals surface area (Å²) in [5.74, 6) is 0.833. The van der Waals surface area contributed by atoms with Crippen molar-refractivity contribution in [2.75, 3.05) is 19.6 Å². The maximum absolute atomic E-state index is 5.20. The highest BCUT2D eigenvalue weighted by Crippen LogP contribution is 1.95. The molecule has 1 rings (SSSR count). The van der Waals surface area contributed by atoms with Gasteiger partial charge >= 0.3 is 0 Å². The van der Waals surface area contributed by atoms with Crippen LogP contribution in [0.4, 0.5) is 0 Å². The summed E-state index contributed by atoms with van der Waals surface area (Å²) in [6, 6.07) is 3.67. The van der Waals surface area contributed by atoms with Crippen LogP contribution in [0.15, 0.2) is 22.8 Å². The van der Waals surface area contributed by atoms with Crippen molar-refractivity contribution in [1.29, 1.82) is 0 Å². The minimum absolute atomic E-state index is 0.493. The van der Waals surface area contributed by atoms with Crippen molar-refractivity contribution in [1.82, 2.24) is 0 Å². The molecule has 0 aromatic carbocycles. The molecule has 0 aliphatic heterocycles. The van der Waals surface area contributed by atoms with E-state index in [2.05, 4.69) is 0 Å². The van der Waals surface area contributed by atoms with Gasteiger partial charge in [-0.1, -0.05) is 6.92 Å². The van der Waals surface area contributed by atoms with Gasteiger partial charge in [0.2, 0.25) is 0 Å². The summed E-state index contributed by atoms with van der Waals surface area (Å²) < 4.78 is 4.86. The second-order valence-electron chi connectivity index (χ2n) is 2.62. The summed E-state index contributed by atoms with van der Waals surface area (Å²) >= 11 is 0. The van der Waals surface area contributed by atoms with Crippen LogP contribution in [0.3, 0.4) is 0 Å². The third kappa shape index (κ3) is 15.8. The minimum Gasteiger partial charge on any atom is -0.468 e. The predicted molar refractivity (Wildman–Crippen MR) is 64.1 cm³/mol. The zero-order valence-corrected chi connectivity index (χ0v) is 9.49. The van der Waals surface area contributed by atoms with Crippen LogP contribution in [-0.4, -0.2) is 19.6 Å². The highest BCUT2D eigenvalue weighted by Gasteiger charge is 1.84. The summed E-state index contributed by atoms with van der Waals surface area (Å²) in [6.45, 7) is 4.58. The van der Waals surface area contributed by atoms with E-state index in [4.69, 9.17) is 27.4 Å². The van der Waals surface area contributed by atoms with Crippen LogP contribution in [0.25, 0.3) is 0 Å². The highest BCUT2D eigenvalue weighted by atomic mass is 16.3. The van der Waals surface area contributed by atoms with Crippen molar-refractivity contribution in [3.63, 3.8) is 0 Å². The molecule has 0 bridgehead atoms. The Balaban J connectivity index is 0. The first kappa shape index (κ1) is 16.5. The van der Waals surface area contributed by atoms with Gasteiger partial charge in [0.05, 0.1) is 12.8 Å². The van der Waals surface area contributed by atoms with E-state index in [1.165, 1.54) is 0 Å². The van der Waals surface area contributed by atoms with Crippen LogP contribution >= 0.6 is 0 Å². The Morgan fingerprint density at radius 2 is 1.67 bits per heavy atom. The Morgan fingerprint density at radius 3 is 1.80 bits per heavy atom. The number of nitrogens with two attached hydrogens (primary N) is 4. The molecule has 0 unspecified atom stereocenters. The van der Waals surface area contributed by atoms with Gasteiger partial charge in [-0.15, -0.1) is 0 Å². The van der Waals surface area contributed by atoms with E-state index in [1.54, 1.807) is 6.26 Å². The molecule has 1 heterocycles. The maximum atomic E-state index is 5.20. The first-order valence-electron chi connectivity index (χ1n) is 5.09. The molecule has 0 fully saturated rings. The number of furan rings is 1. The lowest BCUT2D eigenvalue weighted by molar-refractivity contribution is 0.512. The van der Waals surface area contributed by atoms with E-state index in [9.17, 15) is 0 Å². The summed E-state index contributed by atoms with van der Waals surface area (Å²) in [6.07, 6.45) is 2.56. The zero-order valence-electron chi connectivity index (χ0n) is 9.49. The summed E-state index contributed by atoms with van der Waals surface area (Å²) in [7, 11) is 0. The Morgan fingerprint density at radius 1 is 1.13 bits per heavy atom. The van der Waals surface area contributed by atoms with Crippen LogP contribution in [-0.2, 0) is 6.54 Å². The maximum Gasteiger partial charge on any atom is 0.117 e. The lowest BCUT2D eigenvalue weighted by Crippen LogP contribution is -2.06. The van der Waals surface area contributed by atoms with Crippen LogP contribution in [0, 0.1) is 0 Å². The largest absolute Gasteiger partial charge is 0.468 e. The number of hydrogen-bond donors (Lipinski definition) is 4.